The number of nitrogens with zero attached hydrogens (tertiary/aromatic N) is 2. The fraction of sp³-hybridized carbons (Fsp3) is 0.355. The van der Waals surface area contributed by atoms with Gasteiger partial charge < -0.3 is 19.7 Å². The zero-order valence-corrected chi connectivity index (χ0v) is 25.3. The van der Waals surface area contributed by atoms with E-state index in [0.717, 1.165) is 21.7 Å². The van der Waals surface area contributed by atoms with E-state index >= 15 is 0 Å². The van der Waals surface area contributed by atoms with E-state index in [1.807, 2.05) is 57.2 Å². The first-order chi connectivity index (χ1) is 19.3. The van der Waals surface area contributed by atoms with Gasteiger partial charge in [0, 0.05) is 18.5 Å². The summed E-state index contributed by atoms with van der Waals surface area (Å²) in [6.45, 7) is 5.17. The van der Waals surface area contributed by atoms with Crippen LogP contribution in [-0.2, 0) is 32.6 Å². The first-order valence-corrected chi connectivity index (χ1v) is 15.1. The number of anilines is 1. The molecule has 0 heterocycles. The van der Waals surface area contributed by atoms with Crippen LogP contribution in [0.4, 0.5) is 5.69 Å². The number of methoxy groups -OCH3 is 2. The molecule has 0 unspecified atom stereocenters. The predicted octanol–water partition coefficient (Wildman–Crippen LogP) is 4.02. The van der Waals surface area contributed by atoms with E-state index in [0.29, 0.717) is 17.2 Å². The smallest absolute Gasteiger partial charge is 0.244 e. The van der Waals surface area contributed by atoms with Crippen LogP contribution in [0.2, 0.25) is 0 Å². The lowest BCUT2D eigenvalue weighted by Crippen LogP contribution is -2.56. The summed E-state index contributed by atoms with van der Waals surface area (Å²) in [4.78, 5) is 29.4. The van der Waals surface area contributed by atoms with Crippen molar-refractivity contribution >= 4 is 27.5 Å². The Morgan fingerprint density at radius 3 is 2.02 bits per heavy atom. The highest BCUT2D eigenvalue weighted by Gasteiger charge is 2.34. The highest BCUT2D eigenvalue weighted by Crippen LogP contribution is 2.24. The maximum absolute atomic E-state index is 14.1. The van der Waals surface area contributed by atoms with E-state index in [1.165, 1.54) is 12.0 Å². The molecule has 0 bridgehead atoms. The molecule has 1 N–H and O–H groups in total. The molecule has 0 aliphatic heterocycles. The second kappa shape index (κ2) is 13.5. The van der Waals surface area contributed by atoms with Crippen LogP contribution in [0.1, 0.15) is 31.9 Å². The molecule has 3 aromatic rings. The van der Waals surface area contributed by atoms with E-state index in [-0.39, 0.29) is 18.9 Å². The van der Waals surface area contributed by atoms with Crippen LogP contribution in [-0.4, -0.2) is 63.7 Å². The van der Waals surface area contributed by atoms with Crippen LogP contribution >= 0.6 is 0 Å². The number of hydrogen-bond acceptors (Lipinski definition) is 6. The predicted molar refractivity (Wildman–Crippen MR) is 161 cm³/mol. The zero-order chi connectivity index (χ0) is 30.2. The minimum absolute atomic E-state index is 0.0608. The molecule has 220 valence electrons. The lowest BCUT2D eigenvalue weighted by Gasteiger charge is -2.35. The van der Waals surface area contributed by atoms with E-state index in [2.05, 4.69) is 5.32 Å². The van der Waals surface area contributed by atoms with E-state index < -0.39 is 34.1 Å². The molecular formula is C31H39N3O6S. The standard InChI is InChI=1S/C31H39N3O6S/c1-31(2,3)32-30(36)28(20-23-11-8-7-9-12-23)33(21-24-13-10-14-27(19-24)40-5)29(35)22-34(41(6,37)38)25-15-17-26(39-4)18-16-25/h7-19,28H,20-22H2,1-6H3,(H,32,36)/t28-/m0/s1. The van der Waals surface area contributed by atoms with Gasteiger partial charge in [-0.25, -0.2) is 8.42 Å². The van der Waals surface area contributed by atoms with Crippen molar-refractivity contribution in [2.45, 2.75) is 45.3 Å². The van der Waals surface area contributed by atoms with Gasteiger partial charge in [-0.2, -0.15) is 0 Å². The van der Waals surface area contributed by atoms with Crippen molar-refractivity contribution in [3.8, 4) is 11.5 Å². The maximum atomic E-state index is 14.1. The molecule has 1 atom stereocenters. The molecule has 0 saturated carbocycles. The molecule has 0 fully saturated rings. The Balaban J connectivity index is 2.08. The molecule has 0 saturated heterocycles. The van der Waals surface area contributed by atoms with Gasteiger partial charge in [-0.15, -0.1) is 0 Å². The quantitative estimate of drug-likeness (QED) is 0.346. The SMILES string of the molecule is COc1ccc(N(CC(=O)N(Cc2cccc(OC)c2)[C@@H](Cc2ccccc2)C(=O)NC(C)(C)C)S(C)(=O)=O)cc1. The van der Waals surface area contributed by atoms with Gasteiger partial charge in [-0.3, -0.25) is 13.9 Å². The monoisotopic (exact) mass is 581 g/mol. The number of carbonyl (C=O) groups is 2. The van der Waals surface area contributed by atoms with E-state index in [9.17, 15) is 18.0 Å². The summed E-state index contributed by atoms with van der Waals surface area (Å²) in [5, 5.41) is 3.01. The van der Waals surface area contributed by atoms with Crippen LogP contribution in [0.5, 0.6) is 11.5 Å². The third kappa shape index (κ3) is 9.24. The second-order valence-corrected chi connectivity index (χ2v) is 12.7. The number of sulfonamides is 1. The Hall–Kier alpha value is -4.05. The fourth-order valence-electron chi connectivity index (χ4n) is 4.34. The lowest BCUT2D eigenvalue weighted by molar-refractivity contribution is -0.140. The van der Waals surface area contributed by atoms with E-state index in [4.69, 9.17) is 9.47 Å². The van der Waals surface area contributed by atoms with E-state index in [1.54, 1.807) is 49.6 Å². The molecule has 3 rings (SSSR count). The zero-order valence-electron chi connectivity index (χ0n) is 24.5. The Bertz CT molecular complexity index is 1420. The fourth-order valence-corrected chi connectivity index (χ4v) is 5.19. The molecule has 0 aromatic heterocycles. The topological polar surface area (TPSA) is 105 Å². The van der Waals surface area contributed by atoms with Crippen LogP contribution < -0.4 is 19.1 Å². The number of amides is 2. The maximum Gasteiger partial charge on any atom is 0.244 e. The van der Waals surface area contributed by atoms with Crippen molar-refractivity contribution in [2.75, 3.05) is 31.3 Å². The summed E-state index contributed by atoms with van der Waals surface area (Å²) >= 11 is 0. The van der Waals surface area contributed by atoms with Crippen molar-refractivity contribution in [1.29, 1.82) is 0 Å². The first-order valence-electron chi connectivity index (χ1n) is 13.2. The molecule has 9 nitrogen and oxygen atoms in total. The molecule has 10 heteroatoms. The summed E-state index contributed by atoms with van der Waals surface area (Å²) < 4.78 is 37.4. The van der Waals surface area contributed by atoms with Crippen LogP contribution in [0.15, 0.2) is 78.9 Å². The van der Waals surface area contributed by atoms with Gasteiger partial charge in [-0.1, -0.05) is 42.5 Å². The molecule has 41 heavy (non-hydrogen) atoms. The third-order valence-electron chi connectivity index (χ3n) is 6.30. The molecular weight excluding hydrogens is 542 g/mol. The Morgan fingerprint density at radius 1 is 0.854 bits per heavy atom. The van der Waals surface area contributed by atoms with Crippen LogP contribution in [0, 0.1) is 0 Å². The average molecular weight is 582 g/mol. The van der Waals surface area contributed by atoms with Crippen molar-refractivity contribution in [1.82, 2.24) is 10.2 Å². The number of rotatable bonds is 12. The van der Waals surface area contributed by atoms with Crippen LogP contribution in [0.25, 0.3) is 0 Å². The molecule has 0 aliphatic rings. The highest BCUT2D eigenvalue weighted by molar-refractivity contribution is 7.92. The average Bonchev–Trinajstić information content (AvgIpc) is 2.92. The lowest BCUT2D eigenvalue weighted by atomic mass is 10.0. The van der Waals surface area contributed by atoms with Gasteiger partial charge in [0.1, 0.15) is 24.1 Å². The van der Waals surface area contributed by atoms with Crippen molar-refractivity contribution in [2.24, 2.45) is 0 Å². The normalized spacial score (nSPS) is 12.2. The van der Waals surface area contributed by atoms with Gasteiger partial charge in [0.05, 0.1) is 26.2 Å². The van der Waals surface area contributed by atoms with Crippen LogP contribution in [0.3, 0.4) is 0 Å². The van der Waals surface area contributed by atoms with Gasteiger partial charge >= 0.3 is 0 Å². The minimum Gasteiger partial charge on any atom is -0.497 e. The molecule has 0 spiro atoms. The summed E-state index contributed by atoms with van der Waals surface area (Å²) in [5.41, 5.74) is 1.34. The number of ether oxygens (including phenoxy) is 2. The molecule has 3 aromatic carbocycles. The van der Waals surface area contributed by atoms with Gasteiger partial charge in [0.15, 0.2) is 0 Å². The largest absolute Gasteiger partial charge is 0.497 e. The van der Waals surface area contributed by atoms with Gasteiger partial charge in [0.2, 0.25) is 21.8 Å². The van der Waals surface area contributed by atoms with Gasteiger partial charge in [-0.05, 0) is 68.3 Å². The van der Waals surface area contributed by atoms with Crippen molar-refractivity contribution in [3.63, 3.8) is 0 Å². The summed E-state index contributed by atoms with van der Waals surface area (Å²) in [5.74, 6) is 0.284. The molecule has 0 aliphatic carbocycles. The molecule has 0 radical (unpaired) electrons. The van der Waals surface area contributed by atoms with Crippen molar-refractivity contribution < 1.29 is 27.5 Å². The number of hydrogen-bond donors (Lipinski definition) is 1. The number of benzene rings is 3. The Labute approximate surface area is 243 Å². The second-order valence-electron chi connectivity index (χ2n) is 10.8. The highest BCUT2D eigenvalue weighted by atomic mass is 32.2. The number of carbonyl (C=O) groups excluding carboxylic acids is 2. The Morgan fingerprint density at radius 2 is 1.46 bits per heavy atom. The first kappa shape index (κ1) is 31.5. The van der Waals surface area contributed by atoms with Crippen molar-refractivity contribution in [3.05, 3.63) is 90.0 Å². The molecule has 2 amide bonds. The van der Waals surface area contributed by atoms with Gasteiger partial charge in [0.25, 0.3) is 0 Å². The summed E-state index contributed by atoms with van der Waals surface area (Å²) in [6.07, 6.45) is 1.28. The minimum atomic E-state index is -3.86. The number of nitrogens with one attached hydrogen (secondary N) is 1. The summed E-state index contributed by atoms with van der Waals surface area (Å²) in [6, 6.07) is 22.1. The Kier molecular flexibility index (Phi) is 10.4. The third-order valence-corrected chi connectivity index (χ3v) is 7.44. The summed E-state index contributed by atoms with van der Waals surface area (Å²) in [7, 11) is -0.795.